The zero-order valence-corrected chi connectivity index (χ0v) is 18.8. The van der Waals surface area contributed by atoms with Crippen molar-refractivity contribution in [2.24, 2.45) is 0 Å². The van der Waals surface area contributed by atoms with Crippen LogP contribution >= 0.6 is 0 Å². The third kappa shape index (κ3) is 6.50. The average molecular weight is 460 g/mol. The van der Waals surface area contributed by atoms with Crippen LogP contribution in [-0.4, -0.2) is 0 Å². The van der Waals surface area contributed by atoms with Crippen LogP contribution in [0, 0.1) is 17.7 Å². The summed E-state index contributed by atoms with van der Waals surface area (Å²) < 4.78 is 68.8. The summed E-state index contributed by atoms with van der Waals surface area (Å²) in [5, 5.41) is 0. The molecule has 6 heteroatoms. The highest BCUT2D eigenvalue weighted by atomic mass is 19.3. The largest absolute Gasteiger partial charge is 0.454 e. The molecule has 0 spiro atoms. The fourth-order valence-corrected chi connectivity index (χ4v) is 3.46. The normalized spacial score (nSPS) is 11.5. The van der Waals surface area contributed by atoms with Gasteiger partial charge in [0.15, 0.2) is 11.6 Å². The van der Waals surface area contributed by atoms with Crippen LogP contribution < -0.4 is 9.47 Å². The number of benzene rings is 3. The second-order valence-corrected chi connectivity index (χ2v) is 7.87. The number of hydrogen-bond acceptors (Lipinski definition) is 2. The fraction of sp³-hybridized carbons (Fsp3) is 0.333. The third-order valence-corrected chi connectivity index (χ3v) is 5.20. The highest BCUT2D eigenvalue weighted by molar-refractivity contribution is 5.38. The Morgan fingerprint density at radius 3 is 2.00 bits per heavy atom. The number of hydrogen-bond donors (Lipinski definition) is 0. The lowest BCUT2D eigenvalue weighted by molar-refractivity contribution is -0.189. The van der Waals surface area contributed by atoms with E-state index in [-0.39, 0.29) is 11.5 Å². The highest BCUT2D eigenvalue weighted by Crippen LogP contribution is 2.38. The minimum atomic E-state index is -4.25. The zero-order chi connectivity index (χ0) is 23.8. The molecule has 3 rings (SSSR count). The summed E-state index contributed by atoms with van der Waals surface area (Å²) in [5.41, 5.74) is 0.516. The van der Waals surface area contributed by atoms with E-state index in [0.29, 0.717) is 6.07 Å². The van der Waals surface area contributed by atoms with Crippen molar-refractivity contribution in [3.05, 3.63) is 89.0 Å². The van der Waals surface area contributed by atoms with Crippen molar-refractivity contribution in [1.29, 1.82) is 0 Å². The quantitative estimate of drug-likeness (QED) is 0.212. The number of unbranched alkanes of at least 4 members (excludes halogenated alkanes) is 2. The Hall–Kier alpha value is -3.02. The van der Waals surface area contributed by atoms with E-state index in [9.17, 15) is 17.6 Å². The van der Waals surface area contributed by atoms with Crippen LogP contribution in [0.25, 0.3) is 0 Å². The minimum Gasteiger partial charge on any atom is -0.454 e. The second-order valence-electron chi connectivity index (χ2n) is 7.87. The first-order valence-corrected chi connectivity index (χ1v) is 11.2. The molecule has 2 nitrogen and oxygen atoms in total. The van der Waals surface area contributed by atoms with Crippen LogP contribution in [0.3, 0.4) is 0 Å². The number of aryl methyl sites for hydroxylation is 2. The van der Waals surface area contributed by atoms with E-state index < -0.39 is 29.1 Å². The van der Waals surface area contributed by atoms with E-state index >= 15 is 0 Å². The molecule has 0 bridgehead atoms. The van der Waals surface area contributed by atoms with E-state index in [4.69, 9.17) is 9.47 Å². The maximum Gasteiger partial charge on any atom is 0.432 e. The van der Waals surface area contributed by atoms with Crippen molar-refractivity contribution in [1.82, 2.24) is 0 Å². The number of alkyl halides is 2. The third-order valence-electron chi connectivity index (χ3n) is 5.20. The van der Waals surface area contributed by atoms with Crippen LogP contribution in [0.4, 0.5) is 17.6 Å². The molecule has 0 N–H and O–H groups in total. The summed E-state index contributed by atoms with van der Waals surface area (Å²) in [5.74, 6) is -3.64. The van der Waals surface area contributed by atoms with Crippen molar-refractivity contribution < 1.29 is 27.0 Å². The Bertz CT molecular complexity index is 1030. The van der Waals surface area contributed by atoms with E-state index in [2.05, 4.69) is 13.0 Å². The van der Waals surface area contributed by atoms with Gasteiger partial charge < -0.3 is 9.47 Å². The highest BCUT2D eigenvalue weighted by Gasteiger charge is 2.42. The summed E-state index contributed by atoms with van der Waals surface area (Å²) >= 11 is 0. The molecule has 0 aromatic heterocycles. The van der Waals surface area contributed by atoms with E-state index in [0.717, 1.165) is 49.7 Å². The Labute approximate surface area is 192 Å². The van der Waals surface area contributed by atoms with Gasteiger partial charge in [0.05, 0.1) is 0 Å². The van der Waals surface area contributed by atoms with Gasteiger partial charge >= 0.3 is 6.11 Å². The average Bonchev–Trinajstić information content (AvgIpc) is 2.78. The minimum absolute atomic E-state index is 0.195. The molecule has 0 aliphatic heterocycles. The lowest BCUT2D eigenvalue weighted by atomic mass is 10.1. The van der Waals surface area contributed by atoms with Gasteiger partial charge in [0.1, 0.15) is 22.9 Å². The Morgan fingerprint density at radius 2 is 1.39 bits per heavy atom. The SMILES string of the molecule is CCCCCc1ccc(OC(F)(F)c2c(F)c[c]c(Oc3ccc(CCC)cc3)c2F)cc1. The molecule has 33 heavy (non-hydrogen) atoms. The predicted octanol–water partition coefficient (Wildman–Crippen LogP) is 8.37. The molecule has 0 saturated heterocycles. The van der Waals surface area contributed by atoms with Gasteiger partial charge in [-0.2, -0.15) is 8.78 Å². The first-order valence-electron chi connectivity index (χ1n) is 11.2. The molecule has 1 radical (unpaired) electrons. The van der Waals surface area contributed by atoms with Gasteiger partial charge in [0, 0.05) is 6.07 Å². The van der Waals surface area contributed by atoms with Gasteiger partial charge in [0.2, 0.25) is 0 Å². The second kappa shape index (κ2) is 11.2. The van der Waals surface area contributed by atoms with Crippen LogP contribution in [0.5, 0.6) is 17.2 Å². The molecular weight excluding hydrogens is 432 g/mol. The predicted molar refractivity (Wildman–Crippen MR) is 120 cm³/mol. The molecule has 0 fully saturated rings. The van der Waals surface area contributed by atoms with Crippen LogP contribution in [0.2, 0.25) is 0 Å². The molecular formula is C27H27F4O2. The maximum atomic E-state index is 14.9. The monoisotopic (exact) mass is 459 g/mol. The number of ether oxygens (including phenoxy) is 2. The standard InChI is InChI=1S/C27H27F4O2/c1-3-5-6-8-20-11-15-22(16-12-20)33-27(30,31)25-23(28)17-18-24(26(25)29)32-21-13-9-19(7-4-2)10-14-21/h9-17H,3-8H2,1-2H3. The van der Waals surface area contributed by atoms with Crippen molar-refractivity contribution in [2.45, 2.75) is 58.5 Å². The molecule has 0 aliphatic carbocycles. The van der Waals surface area contributed by atoms with E-state index in [1.165, 1.54) is 12.1 Å². The molecule has 0 atom stereocenters. The Morgan fingerprint density at radius 1 is 0.788 bits per heavy atom. The molecule has 3 aromatic carbocycles. The molecule has 0 saturated carbocycles. The van der Waals surface area contributed by atoms with E-state index in [1.807, 2.05) is 6.92 Å². The maximum absolute atomic E-state index is 14.9. The lowest BCUT2D eigenvalue weighted by Gasteiger charge is -2.20. The molecule has 0 amide bonds. The summed E-state index contributed by atoms with van der Waals surface area (Å²) in [4.78, 5) is 0. The van der Waals surface area contributed by atoms with Crippen LogP contribution in [-0.2, 0) is 19.0 Å². The van der Waals surface area contributed by atoms with Gasteiger partial charge in [-0.05, 0) is 60.7 Å². The van der Waals surface area contributed by atoms with Gasteiger partial charge in [-0.15, -0.1) is 0 Å². The lowest BCUT2D eigenvalue weighted by Crippen LogP contribution is -2.25. The number of rotatable bonds is 11. The van der Waals surface area contributed by atoms with Crippen molar-refractivity contribution >= 4 is 0 Å². The van der Waals surface area contributed by atoms with Crippen molar-refractivity contribution in [3.8, 4) is 17.2 Å². The molecule has 0 unspecified atom stereocenters. The topological polar surface area (TPSA) is 18.5 Å². The van der Waals surface area contributed by atoms with Gasteiger partial charge in [-0.1, -0.05) is 57.4 Å². The fourth-order valence-electron chi connectivity index (χ4n) is 3.46. The molecule has 175 valence electrons. The molecule has 3 aromatic rings. The van der Waals surface area contributed by atoms with E-state index in [1.54, 1.807) is 36.4 Å². The summed E-state index contributed by atoms with van der Waals surface area (Å²) in [6.45, 7) is 4.14. The van der Waals surface area contributed by atoms with Gasteiger partial charge in [-0.3, -0.25) is 0 Å². The first-order chi connectivity index (χ1) is 15.8. The summed E-state index contributed by atoms with van der Waals surface area (Å²) in [7, 11) is 0. The first kappa shape index (κ1) is 24.6. The van der Waals surface area contributed by atoms with Gasteiger partial charge in [-0.25, -0.2) is 8.78 Å². The smallest absolute Gasteiger partial charge is 0.432 e. The number of halogens is 4. The van der Waals surface area contributed by atoms with Crippen molar-refractivity contribution in [3.63, 3.8) is 0 Å². The summed E-state index contributed by atoms with van der Waals surface area (Å²) in [6.07, 6.45) is 1.54. The Kier molecular flexibility index (Phi) is 8.37. The van der Waals surface area contributed by atoms with Crippen LogP contribution in [0.1, 0.15) is 56.2 Å². The molecule has 0 heterocycles. The van der Waals surface area contributed by atoms with Gasteiger partial charge in [0.25, 0.3) is 0 Å². The van der Waals surface area contributed by atoms with Crippen molar-refractivity contribution in [2.75, 3.05) is 0 Å². The molecule has 0 aliphatic rings. The zero-order valence-electron chi connectivity index (χ0n) is 18.8. The van der Waals surface area contributed by atoms with Crippen LogP contribution in [0.15, 0.2) is 54.6 Å². The summed E-state index contributed by atoms with van der Waals surface area (Å²) in [6, 6.07) is 15.7. The Balaban J connectivity index is 1.78.